The van der Waals surface area contributed by atoms with E-state index in [9.17, 15) is 4.39 Å². The Balaban J connectivity index is 3.14. The Kier molecular flexibility index (Phi) is 0.831. The smallest absolute Gasteiger partial charge is 0.236 e. The molecule has 44 valence electrons. The largest absolute Gasteiger partial charge is 0.380 e. The molecular formula is C3H5FN4. The highest BCUT2D eigenvalue weighted by Crippen LogP contribution is 2.04. The summed E-state index contributed by atoms with van der Waals surface area (Å²) < 4.78 is 12.0. The van der Waals surface area contributed by atoms with E-state index in [0.29, 0.717) is 0 Å². The van der Waals surface area contributed by atoms with Gasteiger partial charge in [-0.15, -0.1) is 0 Å². The summed E-state index contributed by atoms with van der Waals surface area (Å²) >= 11 is 0. The van der Waals surface area contributed by atoms with Crippen LogP contribution in [-0.4, -0.2) is 9.97 Å². The van der Waals surface area contributed by atoms with Gasteiger partial charge in [0, 0.05) is 0 Å². The minimum atomic E-state index is -0.678. The minimum Gasteiger partial charge on any atom is -0.380 e. The molecule has 1 rings (SSSR count). The van der Waals surface area contributed by atoms with Crippen molar-refractivity contribution in [1.29, 1.82) is 0 Å². The van der Waals surface area contributed by atoms with Gasteiger partial charge in [0.2, 0.25) is 11.9 Å². The number of halogens is 1. The standard InChI is InChI=1S/C3H5FN4/c4-1-2(5)8-3(6)7-1/h5H2,(H3,6,7,8). The molecule has 0 aromatic carbocycles. The van der Waals surface area contributed by atoms with Gasteiger partial charge in [0.1, 0.15) is 0 Å². The van der Waals surface area contributed by atoms with Gasteiger partial charge in [0.05, 0.1) is 0 Å². The molecule has 0 aliphatic carbocycles. The fourth-order valence-electron chi connectivity index (χ4n) is 0.383. The van der Waals surface area contributed by atoms with Gasteiger partial charge < -0.3 is 11.5 Å². The lowest BCUT2D eigenvalue weighted by Crippen LogP contribution is -1.87. The second kappa shape index (κ2) is 1.36. The molecule has 0 aliphatic rings. The number of nitrogen functional groups attached to an aromatic ring is 2. The van der Waals surface area contributed by atoms with Crippen LogP contribution in [0.15, 0.2) is 0 Å². The number of anilines is 2. The van der Waals surface area contributed by atoms with Crippen LogP contribution in [0.4, 0.5) is 16.2 Å². The van der Waals surface area contributed by atoms with Gasteiger partial charge in [-0.2, -0.15) is 9.37 Å². The van der Waals surface area contributed by atoms with Crippen molar-refractivity contribution in [1.82, 2.24) is 9.97 Å². The van der Waals surface area contributed by atoms with Crippen LogP contribution in [0.3, 0.4) is 0 Å². The summed E-state index contributed by atoms with van der Waals surface area (Å²) in [7, 11) is 0. The van der Waals surface area contributed by atoms with Gasteiger partial charge in [-0.3, -0.25) is 4.98 Å². The van der Waals surface area contributed by atoms with Gasteiger partial charge in [-0.25, -0.2) is 0 Å². The second-order valence-corrected chi connectivity index (χ2v) is 1.32. The molecule has 1 aromatic rings. The predicted molar refractivity (Wildman–Crippen MR) is 27.4 cm³/mol. The van der Waals surface area contributed by atoms with Crippen LogP contribution in [0.1, 0.15) is 0 Å². The predicted octanol–water partition coefficient (Wildman–Crippen LogP) is -0.287. The molecule has 0 spiro atoms. The molecule has 0 saturated carbocycles. The molecule has 8 heavy (non-hydrogen) atoms. The molecule has 0 bridgehead atoms. The van der Waals surface area contributed by atoms with Gasteiger partial charge in [-0.1, -0.05) is 0 Å². The number of aromatic nitrogens is 2. The van der Waals surface area contributed by atoms with Gasteiger partial charge in [0.15, 0.2) is 5.82 Å². The monoisotopic (exact) mass is 116 g/mol. The first-order chi connectivity index (χ1) is 3.70. The molecule has 1 aromatic heterocycles. The fourth-order valence-corrected chi connectivity index (χ4v) is 0.383. The zero-order chi connectivity index (χ0) is 6.15. The fraction of sp³-hybridized carbons (Fsp3) is 0. The van der Waals surface area contributed by atoms with Crippen LogP contribution < -0.4 is 11.5 Å². The highest BCUT2D eigenvalue weighted by Gasteiger charge is 2.00. The van der Waals surface area contributed by atoms with Crippen LogP contribution >= 0.6 is 0 Å². The normalized spacial score (nSPS) is 9.62. The topological polar surface area (TPSA) is 80.7 Å². The third-order valence-electron chi connectivity index (χ3n) is 0.704. The number of nitrogens with one attached hydrogen (secondary N) is 1. The first-order valence-corrected chi connectivity index (χ1v) is 1.96. The van der Waals surface area contributed by atoms with Crippen molar-refractivity contribution < 1.29 is 4.39 Å². The third-order valence-corrected chi connectivity index (χ3v) is 0.704. The SMILES string of the molecule is Nc1nc(N)c(F)[nH]1. The van der Waals surface area contributed by atoms with Crippen LogP contribution in [0, 0.1) is 5.95 Å². The molecule has 0 atom stereocenters. The number of aromatic amines is 1. The number of rotatable bonds is 0. The Morgan fingerprint density at radius 3 is 2.25 bits per heavy atom. The Labute approximate surface area is 44.7 Å². The summed E-state index contributed by atoms with van der Waals surface area (Å²) in [5.74, 6) is -0.870. The maximum absolute atomic E-state index is 12.0. The molecule has 5 N–H and O–H groups in total. The van der Waals surface area contributed by atoms with Crippen molar-refractivity contribution in [2.24, 2.45) is 0 Å². The van der Waals surface area contributed by atoms with Crippen molar-refractivity contribution in [3.05, 3.63) is 5.95 Å². The molecule has 4 nitrogen and oxygen atoms in total. The lowest BCUT2D eigenvalue weighted by molar-refractivity contribution is 0.596. The summed E-state index contributed by atoms with van der Waals surface area (Å²) in [5.41, 5.74) is 9.94. The number of hydrogen-bond donors (Lipinski definition) is 3. The van der Waals surface area contributed by atoms with Crippen molar-refractivity contribution in [3.63, 3.8) is 0 Å². The summed E-state index contributed by atoms with van der Waals surface area (Å²) in [4.78, 5) is 5.42. The molecule has 0 unspecified atom stereocenters. The summed E-state index contributed by atoms with van der Waals surface area (Å²) in [6.45, 7) is 0. The van der Waals surface area contributed by atoms with E-state index in [1.54, 1.807) is 0 Å². The van der Waals surface area contributed by atoms with E-state index in [0.717, 1.165) is 0 Å². The van der Waals surface area contributed by atoms with Gasteiger partial charge >= 0.3 is 0 Å². The summed E-state index contributed by atoms with van der Waals surface area (Å²) in [6.07, 6.45) is 0. The van der Waals surface area contributed by atoms with E-state index in [2.05, 4.69) is 9.97 Å². The Morgan fingerprint density at radius 2 is 2.12 bits per heavy atom. The van der Waals surface area contributed by atoms with Crippen LogP contribution in [0.2, 0.25) is 0 Å². The van der Waals surface area contributed by atoms with E-state index in [4.69, 9.17) is 11.5 Å². The number of hydrogen-bond acceptors (Lipinski definition) is 3. The number of imidazole rings is 1. The quantitative estimate of drug-likeness (QED) is 0.435. The number of H-pyrrole nitrogens is 1. The van der Waals surface area contributed by atoms with Gasteiger partial charge in [-0.05, 0) is 0 Å². The molecule has 1 heterocycles. The molecule has 0 aliphatic heterocycles. The van der Waals surface area contributed by atoms with Crippen molar-refractivity contribution in [2.45, 2.75) is 0 Å². The molecular weight excluding hydrogens is 111 g/mol. The minimum absolute atomic E-state index is 0.000000000000000444. The van der Waals surface area contributed by atoms with Crippen LogP contribution in [-0.2, 0) is 0 Å². The lowest BCUT2D eigenvalue weighted by atomic mass is 10.8. The zero-order valence-electron chi connectivity index (χ0n) is 3.98. The molecule has 0 radical (unpaired) electrons. The van der Waals surface area contributed by atoms with E-state index >= 15 is 0 Å². The first kappa shape index (κ1) is 4.89. The molecule has 0 fully saturated rings. The first-order valence-electron chi connectivity index (χ1n) is 1.96. The van der Waals surface area contributed by atoms with Crippen molar-refractivity contribution in [2.75, 3.05) is 11.5 Å². The average molecular weight is 116 g/mol. The number of nitrogens with two attached hydrogens (primary N) is 2. The molecule has 0 amide bonds. The number of nitrogens with zero attached hydrogens (tertiary/aromatic N) is 1. The van der Waals surface area contributed by atoms with Crippen molar-refractivity contribution >= 4 is 11.8 Å². The zero-order valence-corrected chi connectivity index (χ0v) is 3.98. The Bertz CT molecular complexity index is 174. The Morgan fingerprint density at radius 1 is 1.50 bits per heavy atom. The van der Waals surface area contributed by atoms with Crippen molar-refractivity contribution in [3.8, 4) is 0 Å². The highest BCUT2D eigenvalue weighted by molar-refractivity contribution is 5.34. The van der Waals surface area contributed by atoms with E-state index in [1.807, 2.05) is 0 Å². The van der Waals surface area contributed by atoms with Crippen LogP contribution in [0.5, 0.6) is 0 Å². The van der Waals surface area contributed by atoms with E-state index in [-0.39, 0.29) is 11.8 Å². The summed E-state index contributed by atoms with van der Waals surface area (Å²) in [6, 6.07) is 0. The van der Waals surface area contributed by atoms with E-state index < -0.39 is 5.95 Å². The summed E-state index contributed by atoms with van der Waals surface area (Å²) in [5, 5.41) is 0. The molecule has 5 heteroatoms. The second-order valence-electron chi connectivity index (χ2n) is 1.32. The van der Waals surface area contributed by atoms with Gasteiger partial charge in [0.25, 0.3) is 0 Å². The highest BCUT2D eigenvalue weighted by atomic mass is 19.1. The molecule has 0 saturated heterocycles. The Hall–Kier alpha value is -1.26. The maximum Gasteiger partial charge on any atom is 0.236 e. The maximum atomic E-state index is 12.0. The third kappa shape index (κ3) is 0.575. The van der Waals surface area contributed by atoms with E-state index in [1.165, 1.54) is 0 Å². The lowest BCUT2D eigenvalue weighted by Gasteiger charge is -1.74. The average Bonchev–Trinajstić information content (AvgIpc) is 1.85. The van der Waals surface area contributed by atoms with Crippen LogP contribution in [0.25, 0.3) is 0 Å².